The fraction of sp³-hybridized carbons (Fsp3) is 0.158. The number of halogens is 2. The Labute approximate surface area is 165 Å². The Morgan fingerprint density at radius 1 is 1.37 bits per heavy atom. The summed E-state index contributed by atoms with van der Waals surface area (Å²) in [6.45, 7) is 3.71. The van der Waals surface area contributed by atoms with Gasteiger partial charge in [0.1, 0.15) is 5.71 Å². The lowest BCUT2D eigenvalue weighted by molar-refractivity contribution is 0.491. The van der Waals surface area contributed by atoms with Gasteiger partial charge in [0.05, 0.1) is 15.9 Å². The van der Waals surface area contributed by atoms with Crippen molar-refractivity contribution in [1.29, 1.82) is 0 Å². The minimum atomic E-state index is -0.566. The molecular weight excluding hydrogens is 387 g/mol. The highest BCUT2D eigenvalue weighted by Crippen LogP contribution is 2.23. The molecule has 0 saturated carbocycles. The first kappa shape index (κ1) is 19.1. The van der Waals surface area contributed by atoms with Gasteiger partial charge >= 0.3 is 5.63 Å². The van der Waals surface area contributed by atoms with E-state index in [9.17, 15) is 4.79 Å². The van der Waals surface area contributed by atoms with Crippen molar-refractivity contribution < 1.29 is 4.42 Å². The van der Waals surface area contributed by atoms with Gasteiger partial charge in [-0.05, 0) is 49.2 Å². The third-order valence-electron chi connectivity index (χ3n) is 3.80. The molecule has 2 N–H and O–H groups in total. The lowest BCUT2D eigenvalue weighted by atomic mass is 10.1. The Morgan fingerprint density at radius 2 is 2.15 bits per heavy atom. The Morgan fingerprint density at radius 3 is 2.85 bits per heavy atom. The van der Waals surface area contributed by atoms with Crippen LogP contribution < -0.4 is 11.4 Å². The van der Waals surface area contributed by atoms with Crippen LogP contribution in [0.2, 0.25) is 10.0 Å². The van der Waals surface area contributed by atoms with Crippen LogP contribution in [0.1, 0.15) is 24.8 Å². The van der Waals surface area contributed by atoms with Gasteiger partial charge in [-0.2, -0.15) is 0 Å². The van der Waals surface area contributed by atoms with Crippen molar-refractivity contribution in [3.05, 3.63) is 74.2 Å². The Hall–Kier alpha value is -2.70. The molecule has 2 heterocycles. The molecule has 0 bridgehead atoms. The average Bonchev–Trinajstić information content (AvgIpc) is 2.63. The number of aliphatic imine (C=N–C) groups is 1. The smallest absolute Gasteiger partial charge is 0.347 e. The summed E-state index contributed by atoms with van der Waals surface area (Å²) in [5.41, 5.74) is 7.42. The minimum absolute atomic E-state index is 0.0241. The molecule has 6 nitrogen and oxygen atoms in total. The second-order valence-electron chi connectivity index (χ2n) is 5.80. The summed E-state index contributed by atoms with van der Waals surface area (Å²) in [5, 5.41) is 1.09. The van der Waals surface area contributed by atoms with E-state index in [0.29, 0.717) is 33.1 Å². The van der Waals surface area contributed by atoms with E-state index in [1.54, 1.807) is 30.5 Å². The van der Waals surface area contributed by atoms with Gasteiger partial charge in [-0.3, -0.25) is 0 Å². The first-order chi connectivity index (χ1) is 12.9. The molecule has 0 fully saturated rings. The first-order valence-corrected chi connectivity index (χ1v) is 8.91. The normalized spacial score (nSPS) is 12.6. The number of pyridine rings is 1. The molecular formula is C19H16Cl2N4O2. The van der Waals surface area contributed by atoms with E-state index in [-0.39, 0.29) is 17.4 Å². The quantitative estimate of drug-likeness (QED) is 0.644. The van der Waals surface area contributed by atoms with E-state index >= 15 is 0 Å². The van der Waals surface area contributed by atoms with Crippen LogP contribution in [0.25, 0.3) is 10.9 Å². The second kappa shape index (κ2) is 7.90. The number of rotatable bonds is 4. The molecule has 0 aliphatic heterocycles. The van der Waals surface area contributed by atoms with Crippen LogP contribution in [0.5, 0.6) is 0 Å². The van der Waals surface area contributed by atoms with E-state index in [4.69, 9.17) is 33.4 Å². The maximum Gasteiger partial charge on any atom is 0.347 e. The predicted molar refractivity (Wildman–Crippen MR) is 108 cm³/mol. The van der Waals surface area contributed by atoms with Crippen LogP contribution in [0, 0.1) is 6.92 Å². The molecule has 0 atom stereocenters. The number of hydrogen-bond acceptors (Lipinski definition) is 6. The molecule has 0 amide bonds. The summed E-state index contributed by atoms with van der Waals surface area (Å²) in [6, 6.07) is 6.60. The Balaban J connectivity index is 2.27. The van der Waals surface area contributed by atoms with Crippen LogP contribution in [0.4, 0.5) is 5.82 Å². The van der Waals surface area contributed by atoms with Crippen molar-refractivity contribution in [3.8, 4) is 0 Å². The van der Waals surface area contributed by atoms with Crippen molar-refractivity contribution in [3.63, 3.8) is 0 Å². The summed E-state index contributed by atoms with van der Waals surface area (Å²) < 4.78 is 5.39. The van der Waals surface area contributed by atoms with Gasteiger partial charge in [0.25, 0.3) is 0 Å². The highest BCUT2D eigenvalue weighted by Gasteiger charge is 2.15. The summed E-state index contributed by atoms with van der Waals surface area (Å²) in [5.74, 6) is 0.294. The maximum absolute atomic E-state index is 12.5. The number of nitrogens with zero attached hydrogens (tertiary/aromatic N) is 3. The van der Waals surface area contributed by atoms with E-state index in [0.717, 1.165) is 5.56 Å². The topological polar surface area (TPSA) is 94.4 Å². The summed E-state index contributed by atoms with van der Waals surface area (Å²) in [4.78, 5) is 25.5. The van der Waals surface area contributed by atoms with Gasteiger partial charge < -0.3 is 10.2 Å². The SMILES string of the molecule is CC/C(N)=C/C(=N/c1ncccc1Cl)c1nc2c(C)cc(Cl)cc2c(=O)o1. The van der Waals surface area contributed by atoms with Crippen LogP contribution in [0.15, 0.2) is 56.4 Å². The molecule has 1 aromatic carbocycles. The lowest BCUT2D eigenvalue weighted by Gasteiger charge is -2.06. The molecule has 0 unspecified atom stereocenters. The average molecular weight is 403 g/mol. The zero-order valence-corrected chi connectivity index (χ0v) is 16.2. The van der Waals surface area contributed by atoms with Crippen LogP contribution >= 0.6 is 23.2 Å². The van der Waals surface area contributed by atoms with Gasteiger partial charge in [-0.15, -0.1) is 0 Å². The maximum atomic E-state index is 12.5. The van der Waals surface area contributed by atoms with E-state index < -0.39 is 5.63 Å². The first-order valence-electron chi connectivity index (χ1n) is 8.15. The third-order valence-corrected chi connectivity index (χ3v) is 4.32. The van der Waals surface area contributed by atoms with Crippen molar-refractivity contribution in [2.24, 2.45) is 10.7 Å². The largest absolute Gasteiger partial charge is 0.402 e. The number of nitrogens with two attached hydrogens (primary N) is 1. The highest BCUT2D eigenvalue weighted by atomic mass is 35.5. The molecule has 138 valence electrons. The van der Waals surface area contributed by atoms with E-state index in [1.807, 2.05) is 13.8 Å². The predicted octanol–water partition coefficient (Wildman–Crippen LogP) is 4.57. The van der Waals surface area contributed by atoms with E-state index in [1.165, 1.54) is 6.07 Å². The van der Waals surface area contributed by atoms with Gasteiger partial charge in [0.2, 0.25) is 5.89 Å². The van der Waals surface area contributed by atoms with Gasteiger partial charge in [0, 0.05) is 16.9 Å². The molecule has 2 aromatic heterocycles. The Kier molecular flexibility index (Phi) is 5.58. The van der Waals surface area contributed by atoms with Crippen molar-refractivity contribution >= 4 is 45.6 Å². The van der Waals surface area contributed by atoms with Crippen LogP contribution in [0.3, 0.4) is 0 Å². The highest BCUT2D eigenvalue weighted by molar-refractivity contribution is 6.33. The fourth-order valence-electron chi connectivity index (χ4n) is 2.41. The molecule has 0 saturated heterocycles. The number of hydrogen-bond donors (Lipinski definition) is 1. The van der Waals surface area contributed by atoms with Gasteiger partial charge in [0.15, 0.2) is 5.82 Å². The van der Waals surface area contributed by atoms with Crippen molar-refractivity contribution in [2.75, 3.05) is 0 Å². The lowest BCUT2D eigenvalue weighted by Crippen LogP contribution is -2.12. The molecule has 0 aliphatic rings. The van der Waals surface area contributed by atoms with Crippen molar-refractivity contribution in [2.45, 2.75) is 20.3 Å². The summed E-state index contributed by atoms with van der Waals surface area (Å²) >= 11 is 12.2. The summed E-state index contributed by atoms with van der Waals surface area (Å²) in [6.07, 6.45) is 3.74. The minimum Gasteiger partial charge on any atom is -0.402 e. The monoisotopic (exact) mass is 402 g/mol. The zero-order valence-electron chi connectivity index (χ0n) is 14.7. The van der Waals surface area contributed by atoms with Crippen molar-refractivity contribution in [1.82, 2.24) is 9.97 Å². The molecule has 8 heteroatoms. The molecule has 27 heavy (non-hydrogen) atoms. The second-order valence-corrected chi connectivity index (χ2v) is 6.65. The van der Waals surface area contributed by atoms with Crippen LogP contribution in [-0.4, -0.2) is 15.7 Å². The number of fused-ring (bicyclic) bond motifs is 1. The molecule has 0 spiro atoms. The number of benzene rings is 1. The van der Waals surface area contributed by atoms with Crippen LogP contribution in [-0.2, 0) is 0 Å². The molecule has 0 radical (unpaired) electrons. The third kappa shape index (κ3) is 4.18. The molecule has 0 aliphatic carbocycles. The van der Waals surface area contributed by atoms with Gasteiger partial charge in [-0.25, -0.2) is 19.8 Å². The number of aromatic nitrogens is 2. The molecule has 3 rings (SSSR count). The molecule has 3 aromatic rings. The zero-order chi connectivity index (χ0) is 19.6. The fourth-order valence-corrected chi connectivity index (χ4v) is 2.85. The number of aryl methyl sites for hydroxylation is 1. The Bertz CT molecular complexity index is 1140. The van der Waals surface area contributed by atoms with Gasteiger partial charge in [-0.1, -0.05) is 30.1 Å². The van der Waals surface area contributed by atoms with E-state index in [2.05, 4.69) is 15.0 Å². The summed E-state index contributed by atoms with van der Waals surface area (Å²) in [7, 11) is 0. The number of allylic oxidation sites excluding steroid dienone is 2. The standard InChI is InChI=1S/C19H16Cl2N4O2/c1-3-12(22)9-15(24-17-14(21)5-4-6-23-17)18-25-16-10(2)7-11(20)8-13(16)19(26)27-18/h4-9H,3,22H2,1-2H3/b12-9-,24-15-.